The van der Waals surface area contributed by atoms with Crippen molar-refractivity contribution in [2.75, 3.05) is 19.4 Å². The first-order valence-corrected chi connectivity index (χ1v) is 18.5. The zero-order valence-electron chi connectivity index (χ0n) is 28.9. The predicted molar refractivity (Wildman–Crippen MR) is 186 cm³/mol. The minimum atomic E-state index is -5.04. The number of oxime groups is 1. The molecule has 0 radical (unpaired) electrons. The quantitative estimate of drug-likeness (QED) is 0.0486. The summed E-state index contributed by atoms with van der Waals surface area (Å²) in [6.07, 6.45) is 2.66. The van der Waals surface area contributed by atoms with E-state index < -0.39 is 57.2 Å². The highest BCUT2D eigenvalue weighted by molar-refractivity contribution is 7.80. The lowest BCUT2D eigenvalue weighted by molar-refractivity contribution is -0.218. The van der Waals surface area contributed by atoms with Gasteiger partial charge in [0.1, 0.15) is 23.3 Å². The van der Waals surface area contributed by atoms with Crippen molar-refractivity contribution in [3.8, 4) is 5.75 Å². The molecule has 2 aromatic rings. The number of anilines is 1. The number of amidine groups is 1. The standard InChI is InChI=1S/C31H42N8O11S2/c1-29(2)23(26(41)39(29)50-52(44,45)46)37-25(40)22(19-14-51-28(34)36-19)38-49-30(3,27(42)43)21-8-6-16-13-17(5-7-20(16)48-21)24(33)35-18-9-11-31(15-32,47-4)12-10-18/h5,7,13-14,18,21,23H,6,8-12,15,32H2,1-4H3,(H2,33,35)(H2,34,36)(H,37,40)(H,42,43)(H,44,45,46)/b38-22-/t18?,21-,23-,30+,31?/m1/s1. The number of nitrogens with one attached hydrogen (secondary N) is 3. The Morgan fingerprint density at radius 1 is 1.25 bits per heavy atom. The Bertz CT molecular complexity index is 1870. The van der Waals surface area contributed by atoms with Crippen LogP contribution in [0.15, 0.2) is 28.7 Å². The minimum absolute atomic E-state index is 0.0533. The number of nitrogens with zero attached hydrogens (tertiary/aromatic N) is 3. The maximum atomic E-state index is 13.5. The van der Waals surface area contributed by atoms with Crippen molar-refractivity contribution in [2.45, 2.75) is 94.2 Å². The fourth-order valence-corrected chi connectivity index (χ4v) is 7.40. The number of carboxylic acid groups (broad SMARTS) is 1. The third-order valence-corrected chi connectivity index (χ3v) is 10.8. The summed E-state index contributed by atoms with van der Waals surface area (Å²) in [6.45, 7) is 4.41. The molecule has 2 aliphatic heterocycles. The lowest BCUT2D eigenvalue weighted by atomic mass is 9.82. The molecule has 1 aromatic heterocycles. The number of aryl methyl sites for hydroxylation is 1. The second-order valence-electron chi connectivity index (χ2n) is 13.6. The van der Waals surface area contributed by atoms with Crippen molar-refractivity contribution in [1.82, 2.24) is 20.7 Å². The number of aromatic nitrogens is 1. The van der Waals surface area contributed by atoms with E-state index in [1.165, 1.54) is 26.2 Å². The smallest absolute Gasteiger partial charge is 0.418 e. The van der Waals surface area contributed by atoms with Crippen LogP contribution in [0.1, 0.15) is 69.7 Å². The molecular weight excluding hydrogens is 725 g/mol. The van der Waals surface area contributed by atoms with Crippen LogP contribution < -0.4 is 26.8 Å². The number of ether oxygens (including phenoxy) is 2. The van der Waals surface area contributed by atoms with E-state index in [2.05, 4.69) is 25.1 Å². The van der Waals surface area contributed by atoms with Gasteiger partial charge in [-0.15, -0.1) is 15.6 Å². The van der Waals surface area contributed by atoms with E-state index in [0.29, 0.717) is 29.3 Å². The summed E-state index contributed by atoms with van der Waals surface area (Å²) in [7, 11) is -3.37. The number of hydrogen-bond acceptors (Lipinski definition) is 15. The zero-order valence-corrected chi connectivity index (χ0v) is 30.5. The maximum absolute atomic E-state index is 13.5. The number of hydrogen-bond donors (Lipinski definition) is 7. The second kappa shape index (κ2) is 14.5. The van der Waals surface area contributed by atoms with Crippen LogP contribution in [-0.2, 0) is 45.1 Å². The van der Waals surface area contributed by atoms with Crippen LogP contribution in [-0.4, -0.2) is 106 Å². The molecule has 1 saturated heterocycles. The molecule has 1 aromatic carbocycles. The Morgan fingerprint density at radius 3 is 2.50 bits per heavy atom. The monoisotopic (exact) mass is 766 g/mol. The van der Waals surface area contributed by atoms with Gasteiger partial charge in [0.05, 0.1) is 11.1 Å². The van der Waals surface area contributed by atoms with Crippen LogP contribution in [0.2, 0.25) is 0 Å². The Morgan fingerprint density at radius 2 is 1.94 bits per heavy atom. The van der Waals surface area contributed by atoms with Gasteiger partial charge in [-0.25, -0.2) is 9.78 Å². The highest BCUT2D eigenvalue weighted by Crippen LogP contribution is 2.36. The van der Waals surface area contributed by atoms with Gasteiger partial charge in [0.15, 0.2) is 16.9 Å². The first-order valence-electron chi connectivity index (χ1n) is 16.3. The fraction of sp³-hybridized carbons (Fsp3) is 0.548. The summed E-state index contributed by atoms with van der Waals surface area (Å²) in [5.41, 5.74) is 8.57. The first kappa shape index (κ1) is 38.8. The topological polar surface area (TPSA) is 291 Å². The number of methoxy groups -OCH3 is 1. The third-order valence-electron chi connectivity index (χ3n) is 9.81. The van der Waals surface area contributed by atoms with E-state index in [-0.39, 0.29) is 34.7 Å². The van der Waals surface area contributed by atoms with Crippen molar-refractivity contribution in [3.05, 3.63) is 40.4 Å². The molecule has 21 heteroatoms. The van der Waals surface area contributed by atoms with Gasteiger partial charge in [-0.3, -0.25) is 19.6 Å². The first-order chi connectivity index (χ1) is 24.3. The maximum Gasteiger partial charge on any atom is 0.418 e. The van der Waals surface area contributed by atoms with E-state index in [4.69, 9.17) is 35.7 Å². The van der Waals surface area contributed by atoms with Crippen LogP contribution in [0, 0.1) is 5.41 Å². The molecule has 3 heterocycles. The number of amides is 2. The molecule has 52 heavy (non-hydrogen) atoms. The summed E-state index contributed by atoms with van der Waals surface area (Å²) >= 11 is 0.961. The Labute approximate surface area is 303 Å². The lowest BCUT2D eigenvalue weighted by Crippen LogP contribution is -2.76. The molecule has 9 N–H and O–H groups in total. The highest BCUT2D eigenvalue weighted by atomic mass is 32.3. The summed E-state index contributed by atoms with van der Waals surface area (Å²) in [6, 6.07) is 3.93. The van der Waals surface area contributed by atoms with E-state index in [1.54, 1.807) is 19.2 Å². The van der Waals surface area contributed by atoms with Crippen molar-refractivity contribution < 1.29 is 51.1 Å². The van der Waals surface area contributed by atoms with Gasteiger partial charge in [0, 0.05) is 30.6 Å². The largest absolute Gasteiger partial charge is 0.485 e. The molecule has 0 spiro atoms. The molecule has 284 valence electrons. The molecule has 2 amide bonds. The van der Waals surface area contributed by atoms with Crippen molar-refractivity contribution in [2.24, 2.45) is 10.9 Å². The van der Waals surface area contributed by atoms with E-state index in [9.17, 15) is 27.9 Å². The molecule has 2 fully saturated rings. The van der Waals surface area contributed by atoms with Gasteiger partial charge in [0.2, 0.25) is 0 Å². The summed E-state index contributed by atoms with van der Waals surface area (Å²) in [4.78, 5) is 48.5. The number of benzene rings is 1. The summed E-state index contributed by atoms with van der Waals surface area (Å²) < 4.78 is 47.5. The molecule has 1 saturated carbocycles. The molecule has 5 rings (SSSR count). The van der Waals surface area contributed by atoms with Crippen molar-refractivity contribution in [1.29, 1.82) is 5.41 Å². The van der Waals surface area contributed by atoms with E-state index in [1.807, 2.05) is 6.07 Å². The fourth-order valence-electron chi connectivity index (χ4n) is 6.40. The normalized spacial score (nSPS) is 25.5. The molecule has 3 aliphatic rings. The third kappa shape index (κ3) is 7.83. The summed E-state index contributed by atoms with van der Waals surface area (Å²) in [5, 5.41) is 30.4. The number of thiazole rings is 1. The Balaban J connectivity index is 1.29. The number of β-lactam (4-membered cyclic amide) rings is 1. The number of carboxylic acids is 1. The lowest BCUT2D eigenvalue weighted by Gasteiger charge is -2.50. The molecule has 19 nitrogen and oxygen atoms in total. The average Bonchev–Trinajstić information content (AvgIpc) is 3.54. The van der Waals surface area contributed by atoms with Gasteiger partial charge in [-0.1, -0.05) is 5.16 Å². The molecular formula is C31H42N8O11S2. The number of nitrogen functional groups attached to an aromatic ring is 1. The zero-order chi connectivity index (χ0) is 38.2. The molecule has 3 atom stereocenters. The molecule has 0 unspecified atom stereocenters. The number of carbonyl (C=O) groups is 3. The predicted octanol–water partition coefficient (Wildman–Crippen LogP) is 0.725. The number of carbonyl (C=O) groups excluding carboxylic acids is 2. The number of fused-ring (bicyclic) bond motifs is 1. The van der Waals surface area contributed by atoms with Gasteiger partial charge in [-0.2, -0.15) is 13.5 Å². The van der Waals surface area contributed by atoms with Crippen molar-refractivity contribution in [3.63, 3.8) is 0 Å². The molecule has 0 bridgehead atoms. The highest BCUT2D eigenvalue weighted by Gasteiger charge is 2.58. The van der Waals surface area contributed by atoms with Crippen LogP contribution in [0.5, 0.6) is 5.75 Å². The van der Waals surface area contributed by atoms with Gasteiger partial charge in [-0.05, 0) is 83.1 Å². The number of nitrogens with two attached hydrogens (primary N) is 2. The number of hydroxylamine groups is 2. The van der Waals surface area contributed by atoms with Crippen LogP contribution in [0.25, 0.3) is 0 Å². The molecule has 1 aliphatic carbocycles. The Kier molecular flexibility index (Phi) is 10.9. The van der Waals surface area contributed by atoms with Crippen LogP contribution >= 0.6 is 11.3 Å². The van der Waals surface area contributed by atoms with Crippen LogP contribution in [0.4, 0.5) is 5.13 Å². The van der Waals surface area contributed by atoms with Crippen LogP contribution in [0.3, 0.4) is 0 Å². The van der Waals surface area contributed by atoms with Gasteiger partial charge >= 0.3 is 16.4 Å². The Hall–Kier alpha value is -4.41. The minimum Gasteiger partial charge on any atom is -0.485 e. The van der Waals surface area contributed by atoms with E-state index in [0.717, 1.165) is 42.6 Å². The summed E-state index contributed by atoms with van der Waals surface area (Å²) in [5.74, 6) is -2.83. The average molecular weight is 767 g/mol. The van der Waals surface area contributed by atoms with Gasteiger partial charge in [0.25, 0.3) is 17.4 Å². The van der Waals surface area contributed by atoms with Gasteiger partial charge < -0.3 is 41.5 Å². The van der Waals surface area contributed by atoms with Crippen molar-refractivity contribution >= 4 is 56.2 Å². The second-order valence-corrected chi connectivity index (χ2v) is 15.5. The number of rotatable bonds is 13. The SMILES string of the molecule is COC1(CN)CCC(NC(=N)c2ccc3c(c2)CC[C@H]([C@](C)(O/N=C(\C(=O)N[C@@H]2C(=O)N(OS(=O)(=O)O)C2(C)C)c2csc(N)n2)C(=O)O)O3)CC1. The van der Waals surface area contributed by atoms with E-state index >= 15 is 0 Å². The number of aliphatic carboxylic acids is 1.